The summed E-state index contributed by atoms with van der Waals surface area (Å²) in [6.45, 7) is 0.471. The van der Waals surface area contributed by atoms with Crippen molar-refractivity contribution >= 4 is 34.7 Å². The molecule has 0 fully saturated rings. The highest BCUT2D eigenvalue weighted by Gasteiger charge is 2.08. The summed E-state index contributed by atoms with van der Waals surface area (Å²) in [5.41, 5.74) is 8.72. The number of anilines is 3. The van der Waals surface area contributed by atoms with Gasteiger partial charge in [-0.05, 0) is 54.1 Å². The molecule has 0 spiro atoms. The van der Waals surface area contributed by atoms with Crippen LogP contribution in [0.25, 0.3) is 0 Å². The molecule has 0 saturated carbocycles. The van der Waals surface area contributed by atoms with E-state index >= 15 is 0 Å². The van der Waals surface area contributed by atoms with Crippen molar-refractivity contribution in [2.45, 2.75) is 13.0 Å². The van der Waals surface area contributed by atoms with E-state index in [2.05, 4.69) is 32.4 Å². The summed E-state index contributed by atoms with van der Waals surface area (Å²) in [7, 11) is 0. The first-order valence-corrected chi connectivity index (χ1v) is 11.7. The van der Waals surface area contributed by atoms with E-state index in [1.54, 1.807) is 48.7 Å². The molecule has 0 saturated heterocycles. The van der Waals surface area contributed by atoms with Gasteiger partial charge in [0, 0.05) is 36.1 Å². The normalized spacial score (nSPS) is 10.2. The van der Waals surface area contributed by atoms with Gasteiger partial charge in [0.1, 0.15) is 30.3 Å². The van der Waals surface area contributed by atoms with Gasteiger partial charge in [0.05, 0.1) is 10.6 Å². The molecule has 0 radical (unpaired) electrons. The molecule has 4 aromatic rings. The third-order valence-electron chi connectivity index (χ3n) is 5.05. The molecular weight excluding hydrogens is 493 g/mol. The predicted octanol–water partition coefficient (Wildman–Crippen LogP) is 5.28. The smallest absolute Gasteiger partial charge is 0.225 e. The van der Waals surface area contributed by atoms with Crippen molar-refractivity contribution in [2.24, 2.45) is 5.73 Å². The molecule has 37 heavy (non-hydrogen) atoms. The Hall–Kier alpha value is -4.45. The van der Waals surface area contributed by atoms with Crippen LogP contribution < -0.4 is 21.1 Å². The number of aromatic nitrogens is 2. The molecule has 0 aliphatic heterocycles. The van der Waals surface area contributed by atoms with Gasteiger partial charge in [-0.1, -0.05) is 41.6 Å². The Morgan fingerprint density at radius 2 is 1.92 bits per heavy atom. The Kier molecular flexibility index (Phi) is 8.66. The Morgan fingerprint density at radius 3 is 2.73 bits per heavy atom. The standard InChI is InChI=1S/C28H23ClFN5O2/c29-25-15-24(9-10-26(25)37-17-20-4-1-5-22(30)13-20)35-28-21(16-32-18-33-28)8-7-19-3-2-6-23(14-19)34-27(36)11-12-31/h1-6,9-10,13-16,18H,11-12,17,31H2,(H,34,36)(H,32,33,35). The molecule has 4 rings (SSSR count). The molecule has 7 nitrogen and oxygen atoms in total. The number of nitrogens with zero attached hydrogens (tertiary/aromatic N) is 2. The van der Waals surface area contributed by atoms with E-state index in [9.17, 15) is 9.18 Å². The summed E-state index contributed by atoms with van der Waals surface area (Å²) in [6, 6.07) is 18.6. The zero-order valence-corrected chi connectivity index (χ0v) is 20.4. The lowest BCUT2D eigenvalue weighted by atomic mass is 10.2. The second kappa shape index (κ2) is 12.5. The highest BCUT2D eigenvalue weighted by atomic mass is 35.5. The van der Waals surface area contributed by atoms with Crippen molar-refractivity contribution in [1.82, 2.24) is 9.97 Å². The van der Waals surface area contributed by atoms with Crippen molar-refractivity contribution in [3.8, 4) is 17.6 Å². The zero-order valence-electron chi connectivity index (χ0n) is 19.7. The van der Waals surface area contributed by atoms with E-state index in [0.29, 0.717) is 44.7 Å². The van der Waals surface area contributed by atoms with Gasteiger partial charge < -0.3 is 21.1 Å². The van der Waals surface area contributed by atoms with Gasteiger partial charge in [-0.25, -0.2) is 14.4 Å². The van der Waals surface area contributed by atoms with Gasteiger partial charge >= 0.3 is 0 Å². The number of halogens is 2. The van der Waals surface area contributed by atoms with Crippen LogP contribution in [0.4, 0.5) is 21.6 Å². The van der Waals surface area contributed by atoms with Gasteiger partial charge in [-0.2, -0.15) is 0 Å². The molecule has 1 aromatic heterocycles. The molecule has 0 aliphatic rings. The van der Waals surface area contributed by atoms with E-state index in [1.165, 1.54) is 18.5 Å². The van der Waals surface area contributed by atoms with Crippen LogP contribution in [-0.4, -0.2) is 22.4 Å². The number of hydrogen-bond donors (Lipinski definition) is 3. The Balaban J connectivity index is 1.45. The van der Waals surface area contributed by atoms with E-state index < -0.39 is 0 Å². The maximum Gasteiger partial charge on any atom is 0.225 e. The summed E-state index contributed by atoms with van der Waals surface area (Å²) in [5.74, 6) is 6.63. The average Bonchev–Trinajstić information content (AvgIpc) is 2.88. The second-order valence-electron chi connectivity index (χ2n) is 7.89. The topological polar surface area (TPSA) is 102 Å². The number of ether oxygens (including phenoxy) is 1. The summed E-state index contributed by atoms with van der Waals surface area (Å²) in [6.07, 6.45) is 3.27. The summed E-state index contributed by atoms with van der Waals surface area (Å²) >= 11 is 6.41. The number of nitrogens with two attached hydrogens (primary N) is 1. The van der Waals surface area contributed by atoms with Crippen LogP contribution in [0, 0.1) is 17.7 Å². The minimum absolute atomic E-state index is 0.153. The number of amides is 1. The molecule has 0 unspecified atom stereocenters. The average molecular weight is 516 g/mol. The van der Waals surface area contributed by atoms with E-state index in [-0.39, 0.29) is 31.3 Å². The van der Waals surface area contributed by atoms with E-state index in [0.717, 1.165) is 0 Å². The van der Waals surface area contributed by atoms with Gasteiger partial charge in [0.15, 0.2) is 0 Å². The number of carbonyl (C=O) groups excluding carboxylic acids is 1. The van der Waals surface area contributed by atoms with Crippen LogP contribution in [0.1, 0.15) is 23.1 Å². The van der Waals surface area contributed by atoms with Gasteiger partial charge in [0.2, 0.25) is 5.91 Å². The van der Waals surface area contributed by atoms with Crippen LogP contribution in [0.2, 0.25) is 5.02 Å². The Bertz CT molecular complexity index is 1470. The molecule has 186 valence electrons. The van der Waals surface area contributed by atoms with Gasteiger partial charge in [-0.15, -0.1) is 0 Å². The van der Waals surface area contributed by atoms with Crippen molar-refractivity contribution < 1.29 is 13.9 Å². The van der Waals surface area contributed by atoms with Crippen LogP contribution >= 0.6 is 11.6 Å². The second-order valence-corrected chi connectivity index (χ2v) is 8.30. The fourth-order valence-corrected chi connectivity index (χ4v) is 3.54. The lowest BCUT2D eigenvalue weighted by molar-refractivity contribution is -0.116. The SMILES string of the molecule is NCCC(=O)Nc1cccc(C#Cc2cncnc2Nc2ccc(OCc3cccc(F)c3)c(Cl)c2)c1. The lowest BCUT2D eigenvalue weighted by Crippen LogP contribution is -2.16. The number of hydrogen-bond acceptors (Lipinski definition) is 6. The predicted molar refractivity (Wildman–Crippen MR) is 142 cm³/mol. The van der Waals surface area contributed by atoms with Crippen LogP contribution in [0.15, 0.2) is 79.3 Å². The first-order valence-electron chi connectivity index (χ1n) is 11.4. The number of rotatable bonds is 8. The molecule has 1 amide bonds. The number of benzene rings is 3. The third kappa shape index (κ3) is 7.51. The maximum absolute atomic E-state index is 13.4. The number of carbonyl (C=O) groups is 1. The Labute approximate surface area is 218 Å². The summed E-state index contributed by atoms with van der Waals surface area (Å²) in [5, 5.41) is 6.38. The largest absolute Gasteiger partial charge is 0.487 e. The van der Waals surface area contributed by atoms with Crippen LogP contribution in [0.3, 0.4) is 0 Å². The Morgan fingerprint density at radius 1 is 1.05 bits per heavy atom. The van der Waals surface area contributed by atoms with Crippen molar-refractivity contribution in [2.75, 3.05) is 17.2 Å². The summed E-state index contributed by atoms with van der Waals surface area (Å²) < 4.78 is 19.1. The molecule has 0 atom stereocenters. The molecule has 0 bridgehead atoms. The van der Waals surface area contributed by atoms with Crippen LogP contribution in [0.5, 0.6) is 5.75 Å². The van der Waals surface area contributed by atoms with Gasteiger partial charge in [-0.3, -0.25) is 4.79 Å². The highest BCUT2D eigenvalue weighted by Crippen LogP contribution is 2.30. The highest BCUT2D eigenvalue weighted by molar-refractivity contribution is 6.32. The monoisotopic (exact) mass is 515 g/mol. The molecular formula is C28H23ClFN5O2. The first-order chi connectivity index (χ1) is 18.0. The fourth-order valence-electron chi connectivity index (χ4n) is 3.31. The van der Waals surface area contributed by atoms with Crippen LogP contribution in [-0.2, 0) is 11.4 Å². The summed E-state index contributed by atoms with van der Waals surface area (Å²) in [4.78, 5) is 20.2. The molecule has 1 heterocycles. The fraction of sp³-hybridized carbons (Fsp3) is 0.107. The zero-order chi connectivity index (χ0) is 26.0. The van der Waals surface area contributed by atoms with Gasteiger partial charge in [0.25, 0.3) is 0 Å². The number of nitrogens with one attached hydrogen (secondary N) is 2. The van der Waals surface area contributed by atoms with Crippen molar-refractivity contribution in [3.05, 3.63) is 107 Å². The molecule has 0 aliphatic carbocycles. The molecule has 9 heteroatoms. The minimum Gasteiger partial charge on any atom is -0.487 e. The van der Waals surface area contributed by atoms with Crippen molar-refractivity contribution in [3.63, 3.8) is 0 Å². The molecule has 3 aromatic carbocycles. The van der Waals surface area contributed by atoms with Crippen molar-refractivity contribution in [1.29, 1.82) is 0 Å². The maximum atomic E-state index is 13.4. The third-order valence-corrected chi connectivity index (χ3v) is 5.34. The minimum atomic E-state index is -0.322. The molecule has 4 N–H and O–H groups in total. The van der Waals surface area contributed by atoms with E-state index in [4.69, 9.17) is 22.1 Å². The quantitative estimate of drug-likeness (QED) is 0.276. The lowest BCUT2D eigenvalue weighted by Gasteiger charge is -2.11. The first kappa shape index (κ1) is 25.6. The van der Waals surface area contributed by atoms with E-state index in [1.807, 2.05) is 12.1 Å².